The summed E-state index contributed by atoms with van der Waals surface area (Å²) < 4.78 is 11.5. The standard InChI is InChI=1S/C16H19N5O4S2/c1-9(2)17-15-20-21-16(27-15)26-8-13(22)19-14(23)18-10-3-4-11-12(7-10)25-6-5-24-11/h3-4,7,9H,5-6,8H2,1-2H3,(H,17,20)(H2,18,19,22,23). The summed E-state index contributed by atoms with van der Waals surface area (Å²) in [5, 5.41) is 16.7. The van der Waals surface area contributed by atoms with Crippen LogP contribution < -0.4 is 25.4 Å². The number of nitrogens with one attached hydrogen (secondary N) is 3. The molecule has 9 nitrogen and oxygen atoms in total. The molecule has 3 amide bonds. The molecule has 1 aromatic carbocycles. The molecule has 144 valence electrons. The molecule has 1 aliphatic heterocycles. The van der Waals surface area contributed by atoms with E-state index < -0.39 is 11.9 Å². The predicted octanol–water partition coefficient (Wildman–Crippen LogP) is 2.57. The zero-order valence-corrected chi connectivity index (χ0v) is 16.4. The minimum absolute atomic E-state index is 0.0604. The van der Waals surface area contributed by atoms with Gasteiger partial charge in [-0.3, -0.25) is 10.1 Å². The largest absolute Gasteiger partial charge is 0.486 e. The van der Waals surface area contributed by atoms with E-state index in [1.807, 2.05) is 13.8 Å². The van der Waals surface area contributed by atoms with Gasteiger partial charge >= 0.3 is 6.03 Å². The van der Waals surface area contributed by atoms with E-state index in [-0.39, 0.29) is 11.8 Å². The lowest BCUT2D eigenvalue weighted by Crippen LogP contribution is -2.35. The molecule has 3 rings (SSSR count). The minimum Gasteiger partial charge on any atom is -0.486 e. The second-order valence-electron chi connectivity index (χ2n) is 5.82. The van der Waals surface area contributed by atoms with E-state index in [1.54, 1.807) is 18.2 Å². The maximum atomic E-state index is 12.0. The summed E-state index contributed by atoms with van der Waals surface area (Å²) >= 11 is 2.58. The number of hydrogen-bond donors (Lipinski definition) is 3. The normalized spacial score (nSPS) is 12.6. The van der Waals surface area contributed by atoms with E-state index in [4.69, 9.17) is 9.47 Å². The predicted molar refractivity (Wildman–Crippen MR) is 104 cm³/mol. The number of fused-ring (bicyclic) bond motifs is 1. The first-order valence-electron chi connectivity index (χ1n) is 8.23. The van der Waals surface area contributed by atoms with Gasteiger partial charge in [-0.15, -0.1) is 10.2 Å². The van der Waals surface area contributed by atoms with Crippen LogP contribution in [0.3, 0.4) is 0 Å². The first-order valence-corrected chi connectivity index (χ1v) is 10.0. The summed E-state index contributed by atoms with van der Waals surface area (Å²) in [4.78, 5) is 23.9. The lowest BCUT2D eigenvalue weighted by atomic mass is 10.2. The van der Waals surface area contributed by atoms with Crippen LogP contribution in [0.4, 0.5) is 15.6 Å². The quantitative estimate of drug-likeness (QED) is 0.624. The van der Waals surface area contributed by atoms with Crippen molar-refractivity contribution in [2.45, 2.75) is 24.2 Å². The fraction of sp³-hybridized carbons (Fsp3) is 0.375. The number of nitrogens with zero attached hydrogens (tertiary/aromatic N) is 2. The molecule has 0 fully saturated rings. The second kappa shape index (κ2) is 8.91. The summed E-state index contributed by atoms with van der Waals surface area (Å²) in [5.41, 5.74) is 0.505. The molecule has 0 saturated carbocycles. The number of amides is 3. The average molecular weight is 409 g/mol. The topological polar surface area (TPSA) is 114 Å². The Hall–Kier alpha value is -2.53. The molecule has 0 atom stereocenters. The molecular weight excluding hydrogens is 390 g/mol. The van der Waals surface area contributed by atoms with Crippen molar-refractivity contribution in [2.24, 2.45) is 0 Å². The fourth-order valence-corrected chi connectivity index (χ4v) is 3.84. The van der Waals surface area contributed by atoms with Gasteiger partial charge in [0.1, 0.15) is 13.2 Å². The highest BCUT2D eigenvalue weighted by Crippen LogP contribution is 2.32. The first kappa shape index (κ1) is 19.2. The van der Waals surface area contributed by atoms with Gasteiger partial charge < -0.3 is 20.1 Å². The van der Waals surface area contributed by atoms with Gasteiger partial charge in [0.2, 0.25) is 11.0 Å². The molecule has 2 heterocycles. The summed E-state index contributed by atoms with van der Waals surface area (Å²) in [6.45, 7) is 4.96. The Balaban J connectivity index is 1.45. The Morgan fingerprint density at radius 2 is 2.00 bits per heavy atom. The van der Waals surface area contributed by atoms with Crippen LogP contribution in [-0.4, -0.2) is 47.1 Å². The van der Waals surface area contributed by atoms with Crippen LogP contribution in [0.15, 0.2) is 22.5 Å². The highest BCUT2D eigenvalue weighted by molar-refractivity contribution is 8.01. The molecule has 1 aliphatic rings. The zero-order valence-electron chi connectivity index (χ0n) is 14.8. The number of aromatic nitrogens is 2. The highest BCUT2D eigenvalue weighted by Gasteiger charge is 2.14. The van der Waals surface area contributed by atoms with Crippen molar-refractivity contribution in [2.75, 3.05) is 29.6 Å². The number of carbonyl (C=O) groups excluding carboxylic acids is 2. The van der Waals surface area contributed by atoms with Crippen molar-refractivity contribution in [1.82, 2.24) is 15.5 Å². The second-order valence-corrected chi connectivity index (χ2v) is 8.02. The Morgan fingerprint density at radius 1 is 1.22 bits per heavy atom. The Bertz CT molecular complexity index is 827. The average Bonchev–Trinajstić information content (AvgIpc) is 3.06. The number of urea groups is 1. The Labute approximate surface area is 164 Å². The first-order chi connectivity index (χ1) is 13.0. The molecule has 0 unspecified atom stereocenters. The van der Waals surface area contributed by atoms with Gasteiger partial charge in [-0.25, -0.2) is 4.79 Å². The number of hydrogen-bond acceptors (Lipinski definition) is 9. The third kappa shape index (κ3) is 5.73. The third-order valence-electron chi connectivity index (χ3n) is 3.20. The number of anilines is 2. The van der Waals surface area contributed by atoms with Crippen LogP contribution in [0.5, 0.6) is 11.5 Å². The smallest absolute Gasteiger partial charge is 0.325 e. The summed E-state index contributed by atoms with van der Waals surface area (Å²) in [7, 11) is 0. The molecule has 3 N–H and O–H groups in total. The lowest BCUT2D eigenvalue weighted by Gasteiger charge is -2.19. The number of imide groups is 1. The van der Waals surface area contributed by atoms with Crippen molar-refractivity contribution < 1.29 is 19.1 Å². The van der Waals surface area contributed by atoms with Crippen molar-refractivity contribution in [3.63, 3.8) is 0 Å². The van der Waals surface area contributed by atoms with Gasteiger partial charge in [0.25, 0.3) is 0 Å². The molecule has 0 bridgehead atoms. The van der Waals surface area contributed by atoms with E-state index in [2.05, 4.69) is 26.1 Å². The van der Waals surface area contributed by atoms with E-state index in [1.165, 1.54) is 23.1 Å². The van der Waals surface area contributed by atoms with Crippen LogP contribution in [0.1, 0.15) is 13.8 Å². The highest BCUT2D eigenvalue weighted by atomic mass is 32.2. The molecule has 27 heavy (non-hydrogen) atoms. The summed E-state index contributed by atoms with van der Waals surface area (Å²) in [5.74, 6) is 0.819. The van der Waals surface area contributed by atoms with Gasteiger partial charge in [-0.1, -0.05) is 23.1 Å². The monoisotopic (exact) mass is 409 g/mol. The van der Waals surface area contributed by atoms with E-state index in [0.29, 0.717) is 39.9 Å². The lowest BCUT2D eigenvalue weighted by molar-refractivity contribution is -0.117. The third-order valence-corrected chi connectivity index (χ3v) is 5.19. The van der Waals surface area contributed by atoms with Crippen LogP contribution in [0.2, 0.25) is 0 Å². The van der Waals surface area contributed by atoms with Crippen LogP contribution in [-0.2, 0) is 4.79 Å². The summed E-state index contributed by atoms with van der Waals surface area (Å²) in [6, 6.07) is 4.68. The van der Waals surface area contributed by atoms with Gasteiger partial charge in [0, 0.05) is 17.8 Å². The maximum absolute atomic E-state index is 12.0. The SMILES string of the molecule is CC(C)Nc1nnc(SCC(=O)NC(=O)Nc2ccc3c(c2)OCCO3)s1. The van der Waals surface area contributed by atoms with E-state index >= 15 is 0 Å². The van der Waals surface area contributed by atoms with Gasteiger partial charge in [-0.05, 0) is 26.0 Å². The Morgan fingerprint density at radius 3 is 2.78 bits per heavy atom. The molecule has 0 radical (unpaired) electrons. The van der Waals surface area contributed by atoms with Gasteiger partial charge in [-0.2, -0.15) is 0 Å². The van der Waals surface area contributed by atoms with Gasteiger partial charge in [0.05, 0.1) is 5.75 Å². The number of rotatable bonds is 6. The molecule has 1 aromatic heterocycles. The molecule has 0 aliphatic carbocycles. The zero-order chi connectivity index (χ0) is 19.2. The number of thioether (sulfide) groups is 1. The van der Waals surface area contributed by atoms with Crippen molar-refractivity contribution in [3.8, 4) is 11.5 Å². The van der Waals surface area contributed by atoms with Crippen molar-refractivity contribution in [3.05, 3.63) is 18.2 Å². The molecule has 11 heteroatoms. The Kier molecular flexibility index (Phi) is 6.35. The molecule has 0 spiro atoms. The summed E-state index contributed by atoms with van der Waals surface area (Å²) in [6.07, 6.45) is 0. The van der Waals surface area contributed by atoms with E-state index in [0.717, 1.165) is 0 Å². The molecular formula is C16H19N5O4S2. The van der Waals surface area contributed by atoms with Crippen molar-refractivity contribution >= 4 is 45.9 Å². The fourth-order valence-electron chi connectivity index (χ4n) is 2.15. The van der Waals surface area contributed by atoms with Crippen LogP contribution >= 0.6 is 23.1 Å². The van der Waals surface area contributed by atoms with Crippen LogP contribution in [0.25, 0.3) is 0 Å². The number of carbonyl (C=O) groups is 2. The van der Waals surface area contributed by atoms with Crippen molar-refractivity contribution in [1.29, 1.82) is 0 Å². The minimum atomic E-state index is -0.614. The maximum Gasteiger partial charge on any atom is 0.325 e. The number of benzene rings is 1. The van der Waals surface area contributed by atoms with Crippen LogP contribution in [0, 0.1) is 0 Å². The van der Waals surface area contributed by atoms with E-state index in [9.17, 15) is 9.59 Å². The van der Waals surface area contributed by atoms with Gasteiger partial charge in [0.15, 0.2) is 15.8 Å². The molecule has 0 saturated heterocycles. The number of ether oxygens (including phenoxy) is 2. The molecule has 2 aromatic rings.